The summed E-state index contributed by atoms with van der Waals surface area (Å²) in [7, 11) is 0. The van der Waals surface area contributed by atoms with Gasteiger partial charge in [-0.1, -0.05) is 37.3 Å². The van der Waals surface area contributed by atoms with Crippen molar-refractivity contribution in [1.82, 2.24) is 9.88 Å². The first-order valence-electron chi connectivity index (χ1n) is 10.9. The average Bonchev–Trinajstić information content (AvgIpc) is 3.15. The van der Waals surface area contributed by atoms with Gasteiger partial charge in [0.15, 0.2) is 0 Å². The average molecular weight is 399 g/mol. The van der Waals surface area contributed by atoms with E-state index in [1.54, 1.807) is 12.1 Å². The molecule has 1 saturated heterocycles. The molecular weight excluding hydrogens is 371 g/mol. The maximum atomic E-state index is 13.4. The molecule has 2 aliphatic rings. The second-order valence-corrected chi connectivity index (χ2v) is 8.59. The lowest BCUT2D eigenvalue weighted by atomic mass is 9.94. The smallest absolute Gasteiger partial charge is 0.123 e. The number of allylic oxidation sites excluding steroid dienone is 1. The van der Waals surface area contributed by atoms with Crippen LogP contribution in [0.5, 0.6) is 0 Å². The number of fused-ring (bicyclic) bond motifs is 1. The molecule has 2 heterocycles. The Morgan fingerprint density at radius 1 is 0.967 bits per heavy atom. The Morgan fingerprint density at radius 3 is 2.70 bits per heavy atom. The maximum Gasteiger partial charge on any atom is 0.123 e. The molecule has 1 aromatic heterocycles. The van der Waals surface area contributed by atoms with Crippen molar-refractivity contribution >= 4 is 5.57 Å². The second kappa shape index (κ2) is 8.16. The van der Waals surface area contributed by atoms with Crippen LogP contribution in [0.2, 0.25) is 0 Å². The van der Waals surface area contributed by atoms with Crippen LogP contribution < -0.4 is 0 Å². The van der Waals surface area contributed by atoms with Crippen molar-refractivity contribution < 1.29 is 4.39 Å². The lowest BCUT2D eigenvalue weighted by Crippen LogP contribution is -2.33. The van der Waals surface area contributed by atoms with Gasteiger partial charge in [-0.2, -0.15) is 0 Å². The molecule has 2 aromatic carbocycles. The molecule has 152 valence electrons. The predicted octanol–water partition coefficient (Wildman–Crippen LogP) is 6.57. The topological polar surface area (TPSA) is 16.1 Å². The minimum absolute atomic E-state index is 0.171. The lowest BCUT2D eigenvalue weighted by molar-refractivity contribution is 0.140. The van der Waals surface area contributed by atoms with Crippen LogP contribution in [0.25, 0.3) is 16.7 Å². The zero-order valence-electron chi connectivity index (χ0n) is 17.3. The molecule has 2 nitrogen and oxygen atoms in total. The van der Waals surface area contributed by atoms with Gasteiger partial charge in [-0.05, 0) is 89.9 Å². The van der Waals surface area contributed by atoms with Gasteiger partial charge in [-0.25, -0.2) is 4.39 Å². The standard InChI is InChI=1S/C27H27FN2/c1-19-5-6-21-7-8-23(15-26(19)21)24-14-20(16-29-17-24)18-30-13-3-2-4-27(30)22-9-11-25(28)12-10-22/h7-12,14-17,27H,1-6,13,18H2/t27-/m1/s1. The Morgan fingerprint density at radius 2 is 1.83 bits per heavy atom. The molecule has 0 amide bonds. The summed E-state index contributed by atoms with van der Waals surface area (Å²) < 4.78 is 13.4. The van der Waals surface area contributed by atoms with Crippen LogP contribution in [0.3, 0.4) is 0 Å². The number of hydrogen-bond acceptors (Lipinski definition) is 2. The van der Waals surface area contributed by atoms with E-state index in [9.17, 15) is 4.39 Å². The number of pyridine rings is 1. The molecule has 1 aliphatic heterocycles. The first-order chi connectivity index (χ1) is 14.7. The minimum atomic E-state index is -0.171. The van der Waals surface area contributed by atoms with Crippen molar-refractivity contribution in [3.05, 3.63) is 95.6 Å². The molecule has 0 unspecified atom stereocenters. The van der Waals surface area contributed by atoms with Crippen molar-refractivity contribution in [2.75, 3.05) is 6.54 Å². The van der Waals surface area contributed by atoms with Gasteiger partial charge < -0.3 is 0 Å². The molecule has 0 spiro atoms. The van der Waals surface area contributed by atoms with Crippen LogP contribution >= 0.6 is 0 Å². The van der Waals surface area contributed by atoms with Gasteiger partial charge in [-0.15, -0.1) is 0 Å². The molecule has 0 saturated carbocycles. The molecule has 0 radical (unpaired) electrons. The van der Waals surface area contributed by atoms with Crippen molar-refractivity contribution in [1.29, 1.82) is 0 Å². The fraction of sp³-hybridized carbons (Fsp3) is 0.296. The summed E-state index contributed by atoms with van der Waals surface area (Å²) in [5.74, 6) is -0.171. The number of hydrogen-bond donors (Lipinski definition) is 0. The van der Waals surface area contributed by atoms with E-state index in [-0.39, 0.29) is 5.82 Å². The first kappa shape index (κ1) is 19.2. The van der Waals surface area contributed by atoms with Gasteiger partial charge >= 0.3 is 0 Å². The van der Waals surface area contributed by atoms with Crippen LogP contribution in [-0.2, 0) is 13.0 Å². The molecule has 1 fully saturated rings. The van der Waals surface area contributed by atoms with Crippen molar-refractivity contribution in [2.45, 2.75) is 44.7 Å². The molecule has 3 aromatic rings. The molecule has 3 heteroatoms. The Labute approximate surface area is 178 Å². The highest BCUT2D eigenvalue weighted by Gasteiger charge is 2.24. The zero-order valence-corrected chi connectivity index (χ0v) is 17.3. The number of aromatic nitrogens is 1. The Bertz CT molecular complexity index is 1070. The lowest BCUT2D eigenvalue weighted by Gasteiger charge is -2.36. The Hall–Kier alpha value is -2.78. The number of likely N-dealkylation sites (tertiary alicyclic amines) is 1. The minimum Gasteiger partial charge on any atom is -0.292 e. The third-order valence-electron chi connectivity index (χ3n) is 6.57. The van der Waals surface area contributed by atoms with E-state index in [0.717, 1.165) is 37.9 Å². The monoisotopic (exact) mass is 398 g/mol. The molecule has 30 heavy (non-hydrogen) atoms. The zero-order chi connectivity index (χ0) is 20.5. The Kier molecular flexibility index (Phi) is 5.22. The molecule has 0 bridgehead atoms. The second-order valence-electron chi connectivity index (χ2n) is 8.59. The highest BCUT2D eigenvalue weighted by molar-refractivity contribution is 5.76. The number of nitrogens with zero attached hydrogens (tertiary/aromatic N) is 2. The summed E-state index contributed by atoms with van der Waals surface area (Å²) in [6.07, 6.45) is 9.64. The van der Waals surface area contributed by atoms with Crippen LogP contribution in [0, 0.1) is 5.82 Å². The van der Waals surface area contributed by atoms with Crippen LogP contribution in [0.15, 0.2) is 67.5 Å². The summed E-state index contributed by atoms with van der Waals surface area (Å²) in [4.78, 5) is 7.07. The molecule has 0 N–H and O–H groups in total. The van der Waals surface area contributed by atoms with E-state index in [4.69, 9.17) is 0 Å². The highest BCUT2D eigenvalue weighted by atomic mass is 19.1. The summed E-state index contributed by atoms with van der Waals surface area (Å²) in [5.41, 5.74) is 8.75. The van der Waals surface area contributed by atoms with Crippen LogP contribution in [-0.4, -0.2) is 16.4 Å². The number of piperidine rings is 1. The van der Waals surface area contributed by atoms with Crippen molar-refractivity contribution in [3.63, 3.8) is 0 Å². The quantitative estimate of drug-likeness (QED) is 0.494. The number of aryl methyl sites for hydroxylation is 1. The van der Waals surface area contributed by atoms with E-state index >= 15 is 0 Å². The van der Waals surface area contributed by atoms with E-state index in [0.29, 0.717) is 6.04 Å². The van der Waals surface area contributed by atoms with Gasteiger partial charge in [0.05, 0.1) is 0 Å². The predicted molar refractivity (Wildman–Crippen MR) is 120 cm³/mol. The number of benzene rings is 2. The van der Waals surface area contributed by atoms with Gasteiger partial charge in [0.1, 0.15) is 5.82 Å². The highest BCUT2D eigenvalue weighted by Crippen LogP contribution is 2.35. The molecule has 5 rings (SSSR count). The molecule has 1 atom stereocenters. The fourth-order valence-electron chi connectivity index (χ4n) is 4.93. The summed E-state index contributed by atoms with van der Waals surface area (Å²) >= 11 is 0. The van der Waals surface area contributed by atoms with Crippen molar-refractivity contribution in [2.24, 2.45) is 0 Å². The van der Waals surface area contributed by atoms with Gasteiger partial charge in [0.25, 0.3) is 0 Å². The fourth-order valence-corrected chi connectivity index (χ4v) is 4.93. The number of rotatable bonds is 4. The third-order valence-corrected chi connectivity index (χ3v) is 6.57. The van der Waals surface area contributed by atoms with Gasteiger partial charge in [0.2, 0.25) is 0 Å². The largest absolute Gasteiger partial charge is 0.292 e. The molecular formula is C27H27FN2. The summed E-state index contributed by atoms with van der Waals surface area (Å²) in [5, 5.41) is 0. The van der Waals surface area contributed by atoms with Gasteiger partial charge in [-0.3, -0.25) is 9.88 Å². The normalized spacial score (nSPS) is 19.1. The number of halogens is 1. The summed E-state index contributed by atoms with van der Waals surface area (Å²) in [6, 6.07) is 16.3. The third kappa shape index (κ3) is 3.82. The maximum absolute atomic E-state index is 13.4. The van der Waals surface area contributed by atoms with E-state index in [1.165, 1.54) is 46.2 Å². The van der Waals surface area contributed by atoms with E-state index in [2.05, 4.69) is 40.7 Å². The summed E-state index contributed by atoms with van der Waals surface area (Å²) in [6.45, 7) is 6.14. The van der Waals surface area contributed by atoms with Gasteiger partial charge in [0, 0.05) is 30.5 Å². The van der Waals surface area contributed by atoms with E-state index < -0.39 is 0 Å². The SMILES string of the molecule is C=C1CCc2ccc(-c3cncc(CN4CCCC[C@@H]4c4ccc(F)cc4)c3)cc21. The van der Waals surface area contributed by atoms with Crippen LogP contribution in [0.4, 0.5) is 4.39 Å². The van der Waals surface area contributed by atoms with Crippen LogP contribution in [0.1, 0.15) is 54.0 Å². The van der Waals surface area contributed by atoms with E-state index in [1.807, 2.05) is 24.5 Å². The Balaban J connectivity index is 1.39. The first-order valence-corrected chi connectivity index (χ1v) is 10.9. The molecule has 1 aliphatic carbocycles. The van der Waals surface area contributed by atoms with Crippen molar-refractivity contribution in [3.8, 4) is 11.1 Å².